The van der Waals surface area contributed by atoms with Crippen molar-refractivity contribution in [2.24, 2.45) is 16.4 Å². The quantitative estimate of drug-likeness (QED) is 0.497. The number of hydrogen-bond acceptors (Lipinski definition) is 7. The molecule has 0 spiro atoms. The number of likely N-dealkylation sites (tertiary alicyclic amines) is 1. The van der Waals surface area contributed by atoms with Crippen molar-refractivity contribution in [3.05, 3.63) is 35.9 Å². The number of aromatic hydroxyl groups is 2. The van der Waals surface area contributed by atoms with Crippen LogP contribution < -0.4 is 9.47 Å². The zero-order valence-electron chi connectivity index (χ0n) is 21.8. The molecule has 1 aromatic heterocycles. The largest absolute Gasteiger partial charge is 0.494 e. The topological polar surface area (TPSA) is 117 Å². The number of carbonyl (C=O) groups excluding carboxylic acids is 2. The molecule has 2 amide bonds. The number of halogens is 2. The first kappa shape index (κ1) is 26.8. The Bertz CT molecular complexity index is 1260. The Morgan fingerprint density at radius 2 is 1.74 bits per heavy atom. The summed E-state index contributed by atoms with van der Waals surface area (Å²) in [5.74, 6) is -0.295. The highest BCUT2D eigenvalue weighted by Gasteiger charge is 2.47. The summed E-state index contributed by atoms with van der Waals surface area (Å²) in [4.78, 5) is 27.8. The third-order valence-corrected chi connectivity index (χ3v) is 7.54. The molecule has 3 aliphatic rings. The Morgan fingerprint density at radius 1 is 1.08 bits per heavy atom. The van der Waals surface area contributed by atoms with Crippen LogP contribution in [-0.4, -0.2) is 74.6 Å². The van der Waals surface area contributed by atoms with Crippen LogP contribution in [0.15, 0.2) is 35.4 Å². The fourth-order valence-corrected chi connectivity index (χ4v) is 4.99. The molecule has 0 radical (unpaired) electrons. The number of amides is 2. The molecule has 2 aromatic rings. The number of hydrazone groups is 1. The van der Waals surface area contributed by atoms with E-state index >= 15 is 0 Å². The maximum atomic E-state index is 13.4. The number of benzene rings is 1. The van der Waals surface area contributed by atoms with Gasteiger partial charge in [0.25, 0.3) is 5.91 Å². The van der Waals surface area contributed by atoms with Gasteiger partial charge in [-0.2, -0.15) is 13.9 Å². The van der Waals surface area contributed by atoms with Crippen molar-refractivity contribution in [2.75, 3.05) is 19.7 Å². The van der Waals surface area contributed by atoms with E-state index in [4.69, 9.17) is 9.84 Å². The summed E-state index contributed by atoms with van der Waals surface area (Å²) < 4.78 is 37.5. The highest BCUT2D eigenvalue weighted by atomic mass is 19.3. The molecule has 2 fully saturated rings. The van der Waals surface area contributed by atoms with Crippen LogP contribution in [0.4, 0.5) is 8.78 Å². The summed E-state index contributed by atoms with van der Waals surface area (Å²) in [6, 6.07) is 7.02. The summed E-state index contributed by atoms with van der Waals surface area (Å²) in [5.41, 5.74) is 0.126. The lowest BCUT2D eigenvalue weighted by atomic mass is 9.83. The van der Waals surface area contributed by atoms with E-state index < -0.39 is 12.0 Å². The first-order chi connectivity index (χ1) is 18.5. The van der Waals surface area contributed by atoms with Crippen molar-refractivity contribution < 1.29 is 38.1 Å². The molecule has 5 rings (SSSR count). The van der Waals surface area contributed by atoms with Gasteiger partial charge in [-0.15, -0.1) is 0 Å². The van der Waals surface area contributed by atoms with E-state index in [9.17, 15) is 28.6 Å². The van der Waals surface area contributed by atoms with E-state index in [1.807, 2.05) is 0 Å². The SMILES string of the molecule is CC1(C)C(=O)N(C2CCN(C(=O)Cn3c(O)ccc3O)CC2)N=C1c1ccc(OC(F)F)c(OCC2CC2)c1. The van der Waals surface area contributed by atoms with Gasteiger partial charge in [0.2, 0.25) is 5.91 Å². The van der Waals surface area contributed by atoms with Crippen LogP contribution in [-0.2, 0) is 16.1 Å². The zero-order chi connectivity index (χ0) is 27.9. The lowest BCUT2D eigenvalue weighted by Gasteiger charge is -2.35. The number of carbonyl (C=O) groups is 2. The lowest BCUT2D eigenvalue weighted by Crippen LogP contribution is -2.48. The molecule has 2 aliphatic heterocycles. The number of hydrogen-bond donors (Lipinski definition) is 2. The lowest BCUT2D eigenvalue weighted by molar-refractivity contribution is -0.139. The van der Waals surface area contributed by atoms with Crippen molar-refractivity contribution in [1.29, 1.82) is 0 Å². The minimum atomic E-state index is -2.99. The predicted octanol–water partition coefficient (Wildman–Crippen LogP) is 3.55. The van der Waals surface area contributed by atoms with Crippen LogP contribution in [0.5, 0.6) is 23.3 Å². The number of aromatic nitrogens is 1. The Kier molecular flexibility index (Phi) is 7.13. The second kappa shape index (κ2) is 10.4. The standard InChI is InChI=1S/C27H32F2N4O6/c1-27(2)24(17-5-6-19(39-26(28)29)20(13-17)38-15-16-3-4-16)30-33(25(27)37)18-9-11-31(12-10-18)23(36)14-32-21(34)7-8-22(32)35/h5-8,13,16,18,26,34-35H,3-4,9-12,14-15H2,1-2H3. The first-order valence-corrected chi connectivity index (χ1v) is 13.0. The highest BCUT2D eigenvalue weighted by molar-refractivity contribution is 6.19. The number of piperidine rings is 1. The van der Waals surface area contributed by atoms with Crippen LogP contribution >= 0.6 is 0 Å². The second-order valence-electron chi connectivity index (χ2n) is 10.8. The van der Waals surface area contributed by atoms with Gasteiger partial charge in [0.15, 0.2) is 23.3 Å². The zero-order valence-corrected chi connectivity index (χ0v) is 21.8. The van der Waals surface area contributed by atoms with E-state index in [1.165, 1.54) is 23.2 Å². The Balaban J connectivity index is 1.30. The monoisotopic (exact) mass is 546 g/mol. The summed E-state index contributed by atoms with van der Waals surface area (Å²) in [6.07, 6.45) is 3.08. The fourth-order valence-electron chi connectivity index (χ4n) is 4.99. The molecule has 0 unspecified atom stereocenters. The van der Waals surface area contributed by atoms with E-state index in [2.05, 4.69) is 4.74 Å². The fraction of sp³-hybridized carbons (Fsp3) is 0.519. The molecule has 210 valence electrons. The van der Waals surface area contributed by atoms with Gasteiger partial charge in [0.1, 0.15) is 6.54 Å². The summed E-state index contributed by atoms with van der Waals surface area (Å²) in [6.45, 7) is 1.55. The molecule has 39 heavy (non-hydrogen) atoms. The van der Waals surface area contributed by atoms with Crippen LogP contribution in [0.2, 0.25) is 0 Å². The van der Waals surface area contributed by atoms with E-state index in [1.54, 1.807) is 30.9 Å². The highest BCUT2D eigenvalue weighted by Crippen LogP contribution is 2.39. The van der Waals surface area contributed by atoms with Gasteiger partial charge in [0.05, 0.1) is 23.8 Å². The summed E-state index contributed by atoms with van der Waals surface area (Å²) >= 11 is 0. The maximum absolute atomic E-state index is 13.4. The third kappa shape index (κ3) is 5.50. The number of ether oxygens (including phenoxy) is 2. The Hall–Kier alpha value is -3.83. The van der Waals surface area contributed by atoms with E-state index in [0.29, 0.717) is 49.7 Å². The van der Waals surface area contributed by atoms with Crippen molar-refractivity contribution in [2.45, 2.75) is 58.7 Å². The Labute approximate surface area is 224 Å². The van der Waals surface area contributed by atoms with Gasteiger partial charge in [-0.3, -0.25) is 14.2 Å². The van der Waals surface area contributed by atoms with Gasteiger partial charge in [-0.25, -0.2) is 5.01 Å². The van der Waals surface area contributed by atoms with Crippen molar-refractivity contribution in [1.82, 2.24) is 14.5 Å². The number of nitrogens with zero attached hydrogens (tertiary/aromatic N) is 4. The molecule has 1 saturated heterocycles. The molecule has 12 heteroatoms. The summed E-state index contributed by atoms with van der Waals surface area (Å²) in [7, 11) is 0. The molecule has 0 bridgehead atoms. The molecular weight excluding hydrogens is 514 g/mol. The van der Waals surface area contributed by atoms with Gasteiger partial charge >= 0.3 is 6.61 Å². The molecule has 0 atom stereocenters. The molecule has 2 N–H and O–H groups in total. The molecular formula is C27H32F2N4O6. The van der Waals surface area contributed by atoms with Gasteiger partial charge in [0, 0.05) is 30.8 Å². The summed E-state index contributed by atoms with van der Waals surface area (Å²) in [5, 5.41) is 25.8. The number of rotatable bonds is 9. The van der Waals surface area contributed by atoms with Crippen LogP contribution in [0.1, 0.15) is 45.1 Å². The predicted molar refractivity (Wildman–Crippen MR) is 136 cm³/mol. The van der Waals surface area contributed by atoms with Crippen LogP contribution in [0.25, 0.3) is 0 Å². The maximum Gasteiger partial charge on any atom is 0.387 e. The second-order valence-corrected chi connectivity index (χ2v) is 10.8. The smallest absolute Gasteiger partial charge is 0.387 e. The normalized spacial score (nSPS) is 19.5. The van der Waals surface area contributed by atoms with E-state index in [-0.39, 0.29) is 47.7 Å². The van der Waals surface area contributed by atoms with Crippen LogP contribution in [0.3, 0.4) is 0 Å². The van der Waals surface area contributed by atoms with Gasteiger partial charge in [-0.1, -0.05) is 0 Å². The molecule has 10 nitrogen and oxygen atoms in total. The van der Waals surface area contributed by atoms with Gasteiger partial charge < -0.3 is 24.6 Å². The van der Waals surface area contributed by atoms with Crippen LogP contribution in [0, 0.1) is 11.3 Å². The third-order valence-electron chi connectivity index (χ3n) is 7.54. The molecule has 1 aromatic carbocycles. The van der Waals surface area contributed by atoms with E-state index in [0.717, 1.165) is 17.4 Å². The van der Waals surface area contributed by atoms with Crippen molar-refractivity contribution in [3.63, 3.8) is 0 Å². The van der Waals surface area contributed by atoms with Crippen molar-refractivity contribution >= 4 is 17.5 Å². The average Bonchev–Trinajstić information content (AvgIpc) is 3.64. The molecule has 1 aliphatic carbocycles. The van der Waals surface area contributed by atoms with Crippen molar-refractivity contribution in [3.8, 4) is 23.3 Å². The van der Waals surface area contributed by atoms with Gasteiger partial charge in [-0.05, 0) is 63.6 Å². The molecule has 1 saturated carbocycles. The average molecular weight is 547 g/mol. The Morgan fingerprint density at radius 3 is 2.36 bits per heavy atom. The molecule has 3 heterocycles. The first-order valence-electron chi connectivity index (χ1n) is 13.0. The minimum Gasteiger partial charge on any atom is -0.494 e. The number of alkyl halides is 2. The minimum absolute atomic E-state index is 0.0624.